The number of hydrogen-bond acceptors (Lipinski definition) is 6. The van der Waals surface area contributed by atoms with Crippen molar-refractivity contribution in [2.45, 2.75) is 24.4 Å². The molecule has 4 atom stereocenters. The van der Waals surface area contributed by atoms with Crippen LogP contribution in [0.4, 0.5) is 0 Å². The maximum atomic E-state index is 9.90. The fourth-order valence-corrected chi connectivity index (χ4v) is 0.618. The third kappa shape index (κ3) is 2.84. The van der Waals surface area contributed by atoms with E-state index in [1.54, 1.807) is 0 Å². The fraction of sp³-hybridized carbons (Fsp3) is 0.833. The maximum Gasteiger partial charge on any atom is 0.151 e. The first-order valence-electron chi connectivity index (χ1n) is 3.33. The van der Waals surface area contributed by atoms with Gasteiger partial charge in [-0.15, -0.1) is 0 Å². The van der Waals surface area contributed by atoms with Crippen molar-refractivity contribution >= 4 is 6.29 Å². The Bertz CT molecular complexity index is 138. The highest BCUT2D eigenvalue weighted by molar-refractivity contribution is 5.56. The molecule has 0 aliphatic rings. The van der Waals surface area contributed by atoms with Crippen molar-refractivity contribution in [3.8, 4) is 0 Å². The molecule has 0 aliphatic heterocycles. The highest BCUT2D eigenvalue weighted by atomic mass is 16.4. The lowest BCUT2D eigenvalue weighted by Crippen LogP contribution is -2.46. The van der Waals surface area contributed by atoms with Gasteiger partial charge >= 0.3 is 0 Å². The van der Waals surface area contributed by atoms with E-state index in [1.807, 2.05) is 0 Å². The number of aliphatic hydroxyl groups excluding tert-OH is 5. The molecule has 0 aromatic heterocycles. The lowest BCUT2D eigenvalue weighted by molar-refractivity contribution is -0.136. The molecule has 0 aromatic rings. The summed E-state index contributed by atoms with van der Waals surface area (Å²) in [5, 5.41) is 43.5. The first-order valence-corrected chi connectivity index (χ1v) is 3.33. The molecule has 0 amide bonds. The van der Waals surface area contributed by atoms with Gasteiger partial charge in [0.15, 0.2) is 6.29 Å². The van der Waals surface area contributed by atoms with Crippen LogP contribution in [0.15, 0.2) is 0 Å². The summed E-state index contributed by atoms with van der Waals surface area (Å²) in [4.78, 5) is 9.90. The molecule has 0 saturated carbocycles. The topological polar surface area (TPSA) is 118 Å². The predicted molar refractivity (Wildman–Crippen MR) is 37.2 cm³/mol. The summed E-state index contributed by atoms with van der Waals surface area (Å²) >= 11 is 0. The second-order valence-electron chi connectivity index (χ2n) is 2.36. The van der Waals surface area contributed by atoms with Gasteiger partial charge in [-0.05, 0) is 0 Å². The molecular formula is C6H12O6. The minimum absolute atomic E-state index is 0.0258. The normalized spacial score (nSPS) is 21.1. The molecule has 6 nitrogen and oxygen atoms in total. The first kappa shape index (κ1) is 11.5. The highest BCUT2D eigenvalue weighted by Crippen LogP contribution is 2.02. The van der Waals surface area contributed by atoms with Crippen LogP contribution in [0.3, 0.4) is 0 Å². The van der Waals surface area contributed by atoms with Crippen molar-refractivity contribution in [3.05, 3.63) is 0 Å². The van der Waals surface area contributed by atoms with E-state index >= 15 is 0 Å². The van der Waals surface area contributed by atoms with E-state index in [-0.39, 0.29) is 6.29 Å². The van der Waals surface area contributed by atoms with Crippen LogP contribution in [0.2, 0.25) is 0 Å². The SMILES string of the molecule is O=C[C@@H](O)[C@@H](O)[13C@@H](O)[C@H](O)CO. The van der Waals surface area contributed by atoms with Crippen LogP contribution in [0.5, 0.6) is 0 Å². The number of carbonyl (C=O) groups is 1. The van der Waals surface area contributed by atoms with Crippen molar-refractivity contribution in [3.63, 3.8) is 0 Å². The molecule has 0 rings (SSSR count). The fourth-order valence-electron chi connectivity index (χ4n) is 0.618. The van der Waals surface area contributed by atoms with E-state index < -0.39 is 31.0 Å². The molecule has 6 heteroatoms. The number of aldehydes is 1. The van der Waals surface area contributed by atoms with Crippen molar-refractivity contribution in [2.75, 3.05) is 6.61 Å². The lowest BCUT2D eigenvalue weighted by atomic mass is 10.2. The molecule has 0 bridgehead atoms. The van der Waals surface area contributed by atoms with E-state index in [9.17, 15) is 4.79 Å². The first-order chi connectivity index (χ1) is 5.54. The second-order valence-corrected chi connectivity index (χ2v) is 2.36. The number of aliphatic hydroxyl groups is 5. The number of hydrogen-bond donors (Lipinski definition) is 5. The minimum atomic E-state index is -1.79. The van der Waals surface area contributed by atoms with E-state index in [1.165, 1.54) is 0 Å². The van der Waals surface area contributed by atoms with E-state index in [2.05, 4.69) is 0 Å². The van der Waals surface area contributed by atoms with Gasteiger partial charge < -0.3 is 30.3 Å². The molecule has 0 aliphatic carbocycles. The quantitative estimate of drug-likeness (QED) is 0.223. The Kier molecular flexibility index (Phi) is 4.95. The summed E-state index contributed by atoms with van der Waals surface area (Å²) in [5.41, 5.74) is 0. The van der Waals surface area contributed by atoms with E-state index in [4.69, 9.17) is 25.5 Å². The zero-order valence-electron chi connectivity index (χ0n) is 6.24. The molecule has 12 heavy (non-hydrogen) atoms. The van der Waals surface area contributed by atoms with Gasteiger partial charge in [-0.1, -0.05) is 0 Å². The Morgan fingerprint density at radius 2 is 1.58 bits per heavy atom. The van der Waals surface area contributed by atoms with Crippen LogP contribution >= 0.6 is 0 Å². The molecule has 0 radical (unpaired) electrons. The van der Waals surface area contributed by atoms with Gasteiger partial charge in [0.25, 0.3) is 0 Å². The Labute approximate surface area is 68.7 Å². The standard InChI is InChI=1S/C6H12O6/c7-1-3(9)5(11)6(12)4(10)2-8/h1,3-6,8-12H,2H2/t3-,4-,5-,6+/m1/s1/i6+1. The summed E-state index contributed by atoms with van der Waals surface area (Å²) in [5.74, 6) is 0. The van der Waals surface area contributed by atoms with Crippen LogP contribution in [0.25, 0.3) is 0 Å². The zero-order valence-corrected chi connectivity index (χ0v) is 6.24. The minimum Gasteiger partial charge on any atom is -0.394 e. The highest BCUT2D eigenvalue weighted by Gasteiger charge is 2.29. The average molecular weight is 181 g/mol. The van der Waals surface area contributed by atoms with Gasteiger partial charge in [0.1, 0.15) is 24.4 Å². The van der Waals surface area contributed by atoms with Gasteiger partial charge in [0.05, 0.1) is 6.61 Å². The number of carbonyl (C=O) groups excluding carboxylic acids is 1. The molecule has 0 fully saturated rings. The van der Waals surface area contributed by atoms with Crippen molar-refractivity contribution in [1.29, 1.82) is 0 Å². The summed E-state index contributed by atoms with van der Waals surface area (Å²) in [7, 11) is 0. The third-order valence-corrected chi connectivity index (χ3v) is 1.42. The van der Waals surface area contributed by atoms with Gasteiger partial charge in [0.2, 0.25) is 0 Å². The average Bonchev–Trinajstić information content (AvgIpc) is 2.12. The predicted octanol–water partition coefficient (Wildman–Crippen LogP) is -3.38. The molecular weight excluding hydrogens is 169 g/mol. The van der Waals surface area contributed by atoms with Crippen molar-refractivity contribution < 1.29 is 30.3 Å². The largest absolute Gasteiger partial charge is 0.394 e. The zero-order chi connectivity index (χ0) is 9.72. The molecule has 0 spiro atoms. The summed E-state index contributed by atoms with van der Waals surface area (Å²) in [6.07, 6.45) is -6.84. The Hall–Kier alpha value is -0.530. The van der Waals surface area contributed by atoms with Gasteiger partial charge in [-0.3, -0.25) is 0 Å². The molecule has 0 unspecified atom stereocenters. The van der Waals surface area contributed by atoms with Crippen LogP contribution in [-0.2, 0) is 4.79 Å². The summed E-state index contributed by atoms with van der Waals surface area (Å²) in [6, 6.07) is 0. The second kappa shape index (κ2) is 5.18. The van der Waals surface area contributed by atoms with Gasteiger partial charge in [0, 0.05) is 0 Å². The third-order valence-electron chi connectivity index (χ3n) is 1.42. The van der Waals surface area contributed by atoms with Crippen LogP contribution in [0.1, 0.15) is 0 Å². The molecule has 0 heterocycles. The van der Waals surface area contributed by atoms with Gasteiger partial charge in [-0.2, -0.15) is 0 Å². The molecule has 0 saturated heterocycles. The lowest BCUT2D eigenvalue weighted by Gasteiger charge is -2.22. The maximum absolute atomic E-state index is 9.90. The number of rotatable bonds is 5. The monoisotopic (exact) mass is 181 g/mol. The molecule has 0 aromatic carbocycles. The Morgan fingerprint density at radius 3 is 1.92 bits per heavy atom. The Morgan fingerprint density at radius 1 is 1.08 bits per heavy atom. The van der Waals surface area contributed by atoms with E-state index in [0.29, 0.717) is 0 Å². The van der Waals surface area contributed by atoms with Crippen molar-refractivity contribution in [1.82, 2.24) is 0 Å². The Balaban J connectivity index is 4.07. The molecule has 72 valence electrons. The summed E-state index contributed by atoms with van der Waals surface area (Å²) in [6.45, 7) is -0.760. The van der Waals surface area contributed by atoms with Crippen LogP contribution in [0, 0.1) is 0 Å². The van der Waals surface area contributed by atoms with E-state index in [0.717, 1.165) is 0 Å². The smallest absolute Gasteiger partial charge is 0.151 e. The van der Waals surface area contributed by atoms with Crippen LogP contribution < -0.4 is 0 Å². The van der Waals surface area contributed by atoms with Crippen LogP contribution in [-0.4, -0.2) is 62.8 Å². The molecule has 5 N–H and O–H groups in total. The summed E-state index contributed by atoms with van der Waals surface area (Å²) < 4.78 is 0. The van der Waals surface area contributed by atoms with Crippen molar-refractivity contribution in [2.24, 2.45) is 0 Å². The van der Waals surface area contributed by atoms with Gasteiger partial charge in [-0.25, -0.2) is 0 Å².